The zero-order valence-corrected chi connectivity index (χ0v) is 20.3. The molecule has 5 rings (SSSR count). The molecule has 2 heterocycles. The van der Waals surface area contributed by atoms with Gasteiger partial charge in [0.15, 0.2) is 0 Å². The second-order valence-corrected chi connectivity index (χ2v) is 10.8. The number of alkyl halides is 1. The van der Waals surface area contributed by atoms with Crippen LogP contribution in [0.15, 0.2) is 30.3 Å². The second kappa shape index (κ2) is 10.2. The molecule has 0 radical (unpaired) electrons. The summed E-state index contributed by atoms with van der Waals surface area (Å²) >= 11 is 0. The van der Waals surface area contributed by atoms with Gasteiger partial charge in [0.2, 0.25) is 0 Å². The Bertz CT molecular complexity index is 1000. The van der Waals surface area contributed by atoms with Crippen molar-refractivity contribution in [3.63, 3.8) is 0 Å². The summed E-state index contributed by atoms with van der Waals surface area (Å²) in [6.45, 7) is 2.53. The molecule has 34 heavy (non-hydrogen) atoms. The van der Waals surface area contributed by atoms with Crippen molar-refractivity contribution in [2.75, 3.05) is 0 Å². The number of piperidine rings is 2. The lowest BCUT2D eigenvalue weighted by Gasteiger charge is -2.48. The minimum Gasteiger partial charge on any atom is -0.490 e. The highest BCUT2D eigenvalue weighted by atomic mass is 19.1. The molecule has 5 heteroatoms. The van der Waals surface area contributed by atoms with Crippen LogP contribution in [-0.2, 0) is 18.0 Å². The molecule has 0 spiro atoms. The van der Waals surface area contributed by atoms with Crippen molar-refractivity contribution in [1.82, 2.24) is 4.90 Å². The maximum Gasteiger partial charge on any atom is 0.306 e. The zero-order valence-electron chi connectivity index (χ0n) is 20.3. The molecule has 4 nitrogen and oxygen atoms in total. The van der Waals surface area contributed by atoms with Gasteiger partial charge in [-0.2, -0.15) is 0 Å². The molecule has 2 bridgehead atoms. The number of benzene rings is 2. The van der Waals surface area contributed by atoms with Crippen molar-refractivity contribution in [3.8, 4) is 5.75 Å². The quantitative estimate of drug-likeness (QED) is 0.482. The topological polar surface area (TPSA) is 49.8 Å². The predicted molar refractivity (Wildman–Crippen MR) is 133 cm³/mol. The summed E-state index contributed by atoms with van der Waals surface area (Å²) in [6, 6.07) is 11.1. The SMILES string of the molecule is CC[C@H]1CC[C@@H](Oc2ccc3ccc(CN4C5CCCC4CC(C(=O)O)C5)cc3c2CF)CC1. The minimum absolute atomic E-state index is 0.184. The molecular formula is C29H38FNO3. The molecule has 3 aliphatic rings. The van der Waals surface area contributed by atoms with E-state index in [2.05, 4.69) is 36.1 Å². The summed E-state index contributed by atoms with van der Waals surface area (Å²) in [5.41, 5.74) is 1.84. The number of fused-ring (bicyclic) bond motifs is 3. The fourth-order valence-corrected chi connectivity index (χ4v) is 6.74. The van der Waals surface area contributed by atoms with Crippen LogP contribution in [0.3, 0.4) is 0 Å². The zero-order chi connectivity index (χ0) is 23.7. The van der Waals surface area contributed by atoms with Gasteiger partial charge in [-0.25, -0.2) is 4.39 Å². The molecule has 2 unspecified atom stereocenters. The number of aliphatic carboxylic acids is 1. The summed E-state index contributed by atoms with van der Waals surface area (Å²) in [6.07, 6.45) is 10.7. The number of carboxylic acids is 1. The van der Waals surface area contributed by atoms with Crippen molar-refractivity contribution >= 4 is 16.7 Å². The third-order valence-electron chi connectivity index (χ3n) is 8.79. The molecule has 2 aliphatic heterocycles. The van der Waals surface area contributed by atoms with E-state index >= 15 is 0 Å². The number of hydrogen-bond acceptors (Lipinski definition) is 3. The average molecular weight is 468 g/mol. The lowest BCUT2D eigenvalue weighted by atomic mass is 9.78. The highest BCUT2D eigenvalue weighted by Crippen LogP contribution is 2.39. The molecule has 0 amide bonds. The number of hydrogen-bond donors (Lipinski definition) is 1. The molecule has 2 saturated heterocycles. The van der Waals surface area contributed by atoms with Crippen LogP contribution in [0.25, 0.3) is 10.8 Å². The van der Waals surface area contributed by atoms with Crippen molar-refractivity contribution < 1.29 is 19.0 Å². The summed E-state index contributed by atoms with van der Waals surface area (Å²) in [5, 5.41) is 11.5. The van der Waals surface area contributed by atoms with Crippen LogP contribution in [0.4, 0.5) is 4.39 Å². The van der Waals surface area contributed by atoms with Gasteiger partial charge in [-0.1, -0.05) is 38.0 Å². The highest BCUT2D eigenvalue weighted by Gasteiger charge is 2.40. The summed E-state index contributed by atoms with van der Waals surface area (Å²) in [7, 11) is 0. The first-order valence-corrected chi connectivity index (χ1v) is 13.3. The van der Waals surface area contributed by atoms with Crippen LogP contribution in [0.2, 0.25) is 0 Å². The van der Waals surface area contributed by atoms with E-state index in [9.17, 15) is 14.3 Å². The van der Waals surface area contributed by atoms with E-state index in [0.29, 0.717) is 23.4 Å². The molecule has 2 atom stereocenters. The van der Waals surface area contributed by atoms with E-state index in [0.717, 1.165) is 61.8 Å². The van der Waals surface area contributed by atoms with Gasteiger partial charge >= 0.3 is 5.97 Å². The number of rotatable bonds is 7. The lowest BCUT2D eigenvalue weighted by molar-refractivity contribution is -0.146. The first-order valence-electron chi connectivity index (χ1n) is 13.3. The molecule has 2 aromatic rings. The maximum absolute atomic E-state index is 14.3. The van der Waals surface area contributed by atoms with E-state index in [-0.39, 0.29) is 12.0 Å². The Labute approximate surface area is 202 Å². The van der Waals surface area contributed by atoms with Gasteiger partial charge in [0.25, 0.3) is 0 Å². The predicted octanol–water partition coefficient (Wildman–Crippen LogP) is 6.87. The van der Waals surface area contributed by atoms with Crippen LogP contribution >= 0.6 is 0 Å². The average Bonchev–Trinajstić information content (AvgIpc) is 2.84. The third-order valence-corrected chi connectivity index (χ3v) is 8.79. The number of ether oxygens (including phenoxy) is 1. The number of carboxylic acid groups (broad SMARTS) is 1. The Morgan fingerprint density at radius 2 is 1.76 bits per heavy atom. The van der Waals surface area contributed by atoms with Crippen molar-refractivity contribution in [2.24, 2.45) is 11.8 Å². The first-order chi connectivity index (χ1) is 16.6. The third kappa shape index (κ3) is 4.82. The van der Waals surface area contributed by atoms with Crippen LogP contribution in [0.1, 0.15) is 82.3 Å². The van der Waals surface area contributed by atoms with Crippen molar-refractivity contribution in [3.05, 3.63) is 41.5 Å². The number of carbonyl (C=O) groups is 1. The molecule has 0 aromatic heterocycles. The van der Waals surface area contributed by atoms with Gasteiger partial charge in [-0.15, -0.1) is 0 Å². The van der Waals surface area contributed by atoms with Gasteiger partial charge < -0.3 is 9.84 Å². The molecule has 3 fully saturated rings. The van der Waals surface area contributed by atoms with E-state index in [1.54, 1.807) is 0 Å². The molecule has 184 valence electrons. The van der Waals surface area contributed by atoms with Crippen molar-refractivity contribution in [1.29, 1.82) is 0 Å². The Morgan fingerprint density at radius 3 is 2.41 bits per heavy atom. The van der Waals surface area contributed by atoms with Gasteiger partial charge in [-0.3, -0.25) is 9.69 Å². The standard InChI is InChI=1S/C29H38FNO3/c1-2-19-7-11-25(12-8-19)34-28-13-10-21-9-6-20(14-26(21)27(28)17-30)18-31-23-4-3-5-24(31)16-22(15-23)29(32)33/h6,9-10,13-14,19,22-25H,2-5,7-8,11-12,15-18H2,1H3,(H,32,33)/t19-,22?,23?,24?,25+. The Balaban J connectivity index is 1.36. The largest absolute Gasteiger partial charge is 0.490 e. The van der Waals surface area contributed by atoms with Crippen LogP contribution in [0, 0.1) is 11.8 Å². The number of nitrogens with zero attached hydrogens (tertiary/aromatic N) is 1. The second-order valence-electron chi connectivity index (χ2n) is 10.8. The van der Waals surface area contributed by atoms with Crippen LogP contribution in [-0.4, -0.2) is 34.2 Å². The van der Waals surface area contributed by atoms with Gasteiger partial charge in [0, 0.05) is 24.2 Å². The minimum atomic E-state index is -0.648. The molecule has 1 saturated carbocycles. The van der Waals surface area contributed by atoms with E-state index in [1.807, 2.05) is 6.07 Å². The summed E-state index contributed by atoms with van der Waals surface area (Å²) < 4.78 is 20.7. The van der Waals surface area contributed by atoms with E-state index in [1.165, 1.54) is 31.2 Å². The molecule has 1 N–H and O–H groups in total. The fourth-order valence-electron chi connectivity index (χ4n) is 6.74. The smallest absolute Gasteiger partial charge is 0.306 e. The van der Waals surface area contributed by atoms with E-state index < -0.39 is 12.6 Å². The summed E-state index contributed by atoms with van der Waals surface area (Å²) in [5.74, 6) is 0.643. The normalized spacial score (nSPS) is 29.8. The van der Waals surface area contributed by atoms with Gasteiger partial charge in [0.1, 0.15) is 12.4 Å². The lowest BCUT2D eigenvalue weighted by Crippen LogP contribution is -2.52. The fraction of sp³-hybridized carbons (Fsp3) is 0.621. The summed E-state index contributed by atoms with van der Waals surface area (Å²) in [4.78, 5) is 14.1. The maximum atomic E-state index is 14.3. The van der Waals surface area contributed by atoms with Gasteiger partial charge in [-0.05, 0) is 85.8 Å². The Morgan fingerprint density at radius 1 is 1.06 bits per heavy atom. The van der Waals surface area contributed by atoms with E-state index in [4.69, 9.17) is 4.74 Å². The van der Waals surface area contributed by atoms with Gasteiger partial charge in [0.05, 0.1) is 12.0 Å². The monoisotopic (exact) mass is 467 g/mol. The molecule has 2 aromatic carbocycles. The van der Waals surface area contributed by atoms with Crippen LogP contribution < -0.4 is 4.74 Å². The van der Waals surface area contributed by atoms with Crippen LogP contribution in [0.5, 0.6) is 5.75 Å². The molecule has 1 aliphatic carbocycles. The number of halogens is 1. The van der Waals surface area contributed by atoms with Crippen molar-refractivity contribution in [2.45, 2.75) is 103 Å². The molecular weight excluding hydrogens is 429 g/mol. The highest BCUT2D eigenvalue weighted by molar-refractivity contribution is 5.88. The Kier molecular flexibility index (Phi) is 7.10. The first kappa shape index (κ1) is 23.6. The Hall–Kier alpha value is -2.14.